The molecule has 5 radical (unpaired) electrons. The number of rotatable bonds is 2. The first-order valence-corrected chi connectivity index (χ1v) is 15.9. The van der Waals surface area contributed by atoms with Gasteiger partial charge >= 0.3 is 7.25 Å². The van der Waals surface area contributed by atoms with Crippen molar-refractivity contribution >= 4 is 33.7 Å². The maximum absolute atomic E-state index is 9.75. The van der Waals surface area contributed by atoms with E-state index in [0.29, 0.717) is 0 Å². The minimum absolute atomic E-state index is 0. The SMILES string of the molecule is C[C@@H]1CC[C@@H](C)[PH+]1c1ccccc1[PH+]1[C@H](C)CC[C@H]1C.F[B-](F)(F)F.[CH]1[CH]CC[CH][CH]CC1.[Ir]. The number of hydrogen-bond acceptors (Lipinski definition) is 0. The summed E-state index contributed by atoms with van der Waals surface area (Å²) in [5, 5.41) is 3.67. The predicted octanol–water partition coefficient (Wildman–Crippen LogP) is 8.18. The summed E-state index contributed by atoms with van der Waals surface area (Å²) in [7, 11) is -6.66. The van der Waals surface area contributed by atoms with Gasteiger partial charge in [0.05, 0.1) is 22.6 Å². The van der Waals surface area contributed by atoms with Crippen LogP contribution in [0.3, 0.4) is 0 Å². The van der Waals surface area contributed by atoms with Gasteiger partial charge in [0.15, 0.2) is 0 Å². The fraction of sp³-hybridized carbons (Fsp3) is 0.615. The van der Waals surface area contributed by atoms with Gasteiger partial charge in [0.25, 0.3) is 0 Å². The van der Waals surface area contributed by atoms with Crippen LogP contribution in [0.25, 0.3) is 0 Å². The molecule has 1 aromatic carbocycles. The van der Waals surface area contributed by atoms with Crippen LogP contribution in [0.5, 0.6) is 0 Å². The zero-order chi connectivity index (χ0) is 24.4. The molecular formula is C26H42BF4IrP2+. The van der Waals surface area contributed by atoms with Crippen LogP contribution >= 0.6 is 15.8 Å². The molecule has 1 saturated carbocycles. The van der Waals surface area contributed by atoms with Gasteiger partial charge in [-0.2, -0.15) is 0 Å². The normalized spacial score (nSPS) is 28.5. The molecule has 195 valence electrons. The van der Waals surface area contributed by atoms with Gasteiger partial charge in [-0.1, -0.05) is 12.1 Å². The molecule has 0 amide bonds. The third-order valence-electron chi connectivity index (χ3n) is 7.07. The molecule has 4 rings (SSSR count). The average molecular weight is 696 g/mol. The average Bonchev–Trinajstić information content (AvgIpc) is 3.21. The minimum atomic E-state index is -6.00. The summed E-state index contributed by atoms with van der Waals surface area (Å²) in [4.78, 5) is 0. The Balaban J connectivity index is 0.000000343. The van der Waals surface area contributed by atoms with Crippen LogP contribution in [-0.4, -0.2) is 29.9 Å². The first-order valence-electron chi connectivity index (χ1n) is 12.6. The predicted molar refractivity (Wildman–Crippen MR) is 145 cm³/mol. The van der Waals surface area contributed by atoms with Gasteiger partial charge in [0.2, 0.25) is 0 Å². The molecule has 3 aliphatic rings. The monoisotopic (exact) mass is 696 g/mol. The van der Waals surface area contributed by atoms with Gasteiger partial charge in [-0.3, -0.25) is 0 Å². The molecule has 2 saturated heterocycles. The molecule has 8 heteroatoms. The Morgan fingerprint density at radius 1 is 0.588 bits per heavy atom. The third-order valence-corrected chi connectivity index (χ3v) is 14.8. The summed E-state index contributed by atoms with van der Waals surface area (Å²) in [6.45, 7) is 10.1. The van der Waals surface area contributed by atoms with Gasteiger partial charge in [0, 0.05) is 35.9 Å². The summed E-state index contributed by atoms with van der Waals surface area (Å²) in [5.41, 5.74) is 3.91. The zero-order valence-corrected chi connectivity index (χ0v) is 25.4. The molecule has 0 aromatic heterocycles. The van der Waals surface area contributed by atoms with E-state index in [1.807, 2.05) is 10.6 Å². The van der Waals surface area contributed by atoms with Crippen molar-refractivity contribution in [2.24, 2.45) is 0 Å². The van der Waals surface area contributed by atoms with Crippen molar-refractivity contribution in [3.63, 3.8) is 0 Å². The molecule has 1 aliphatic carbocycles. The van der Waals surface area contributed by atoms with E-state index in [4.69, 9.17) is 0 Å². The van der Waals surface area contributed by atoms with Crippen molar-refractivity contribution < 1.29 is 37.4 Å². The molecule has 1 aromatic rings. The first kappa shape index (κ1) is 32.5. The van der Waals surface area contributed by atoms with E-state index < -0.39 is 7.25 Å². The molecule has 0 unspecified atom stereocenters. The topological polar surface area (TPSA) is 0 Å². The standard InChI is InChI=1S/C18H28P2.C8H12.BF4.Ir/c1-13-9-10-14(2)19(13)17-7-5-6-8-18(17)20-15(3)11-12-16(20)4;1-2-4-6-8-7-5-3-1;2-1(3,4)5;/h5-8,13-16H,9-12H2,1-4H3;1-2,7-8H,3-6H2;;/q;;-1;/p+2/t13-,14-,15-,16-;;;/m1.../s1. The molecule has 2 heterocycles. The number of hydrogen-bond donors (Lipinski definition) is 0. The second-order valence-corrected chi connectivity index (χ2v) is 16.6. The second-order valence-electron chi connectivity index (χ2n) is 9.81. The van der Waals surface area contributed by atoms with Crippen LogP contribution in [0.15, 0.2) is 24.3 Å². The van der Waals surface area contributed by atoms with Gasteiger partial charge in [-0.25, -0.2) is 0 Å². The van der Waals surface area contributed by atoms with E-state index in [2.05, 4.69) is 77.6 Å². The van der Waals surface area contributed by atoms with Gasteiger partial charge in [-0.15, -0.1) is 0 Å². The Morgan fingerprint density at radius 3 is 1.06 bits per heavy atom. The van der Waals surface area contributed by atoms with Gasteiger partial charge in [-0.05, 0) is 117 Å². The fourth-order valence-corrected chi connectivity index (χ4v) is 13.7. The largest absolute Gasteiger partial charge is 0.673 e. The van der Waals surface area contributed by atoms with Crippen LogP contribution in [-0.2, 0) is 20.1 Å². The minimum Gasteiger partial charge on any atom is -0.418 e. The van der Waals surface area contributed by atoms with Gasteiger partial charge < -0.3 is 17.3 Å². The van der Waals surface area contributed by atoms with Crippen molar-refractivity contribution in [2.75, 3.05) is 0 Å². The zero-order valence-electron chi connectivity index (χ0n) is 21.0. The van der Waals surface area contributed by atoms with Crippen LogP contribution in [0.2, 0.25) is 0 Å². The molecule has 0 nitrogen and oxygen atoms in total. The van der Waals surface area contributed by atoms with Crippen molar-refractivity contribution in [1.82, 2.24) is 0 Å². The summed E-state index contributed by atoms with van der Waals surface area (Å²) in [6, 6.07) is 9.64. The Morgan fingerprint density at radius 2 is 0.824 bits per heavy atom. The van der Waals surface area contributed by atoms with Crippen LogP contribution in [0.4, 0.5) is 17.3 Å². The smallest absolute Gasteiger partial charge is 0.418 e. The molecule has 0 bridgehead atoms. The number of halogens is 4. The van der Waals surface area contributed by atoms with Crippen molar-refractivity contribution in [2.45, 2.75) is 102 Å². The molecular weight excluding hydrogens is 653 g/mol. The van der Waals surface area contributed by atoms with Crippen molar-refractivity contribution in [3.8, 4) is 0 Å². The molecule has 3 fully saturated rings. The van der Waals surface area contributed by atoms with Crippen molar-refractivity contribution in [3.05, 3.63) is 49.9 Å². The molecule has 4 atom stereocenters. The third kappa shape index (κ3) is 11.3. The van der Waals surface area contributed by atoms with Crippen LogP contribution in [0.1, 0.15) is 79.1 Å². The first-order chi connectivity index (χ1) is 15.6. The summed E-state index contributed by atoms with van der Waals surface area (Å²) in [5.74, 6) is 0. The Labute approximate surface area is 222 Å². The Bertz CT molecular complexity index is 598. The van der Waals surface area contributed by atoms with E-state index in [9.17, 15) is 17.3 Å². The molecule has 34 heavy (non-hydrogen) atoms. The summed E-state index contributed by atoms with van der Waals surface area (Å²) < 4.78 is 39.0. The maximum atomic E-state index is 9.75. The number of benzene rings is 1. The maximum Gasteiger partial charge on any atom is 0.673 e. The molecule has 0 N–H and O–H groups in total. The second kappa shape index (κ2) is 16.4. The van der Waals surface area contributed by atoms with Crippen LogP contribution < -0.4 is 10.6 Å². The van der Waals surface area contributed by atoms with E-state index in [-0.39, 0.29) is 35.9 Å². The van der Waals surface area contributed by atoms with E-state index in [0.717, 1.165) is 22.6 Å². The van der Waals surface area contributed by atoms with Crippen molar-refractivity contribution in [1.29, 1.82) is 0 Å². The molecule has 0 spiro atoms. The van der Waals surface area contributed by atoms with Gasteiger partial charge in [0.1, 0.15) is 10.6 Å². The Kier molecular flexibility index (Phi) is 15.7. The Hall–Kier alpha value is 0.514. The van der Waals surface area contributed by atoms with E-state index >= 15 is 0 Å². The fourth-order valence-electron chi connectivity index (χ4n) is 5.50. The van der Waals surface area contributed by atoms with Crippen LogP contribution in [0, 0.1) is 25.7 Å². The van der Waals surface area contributed by atoms with E-state index in [1.54, 1.807) is 0 Å². The molecule has 2 aliphatic heterocycles. The van der Waals surface area contributed by atoms with E-state index in [1.165, 1.54) is 51.4 Å². The summed E-state index contributed by atoms with van der Waals surface area (Å²) >= 11 is 0. The summed E-state index contributed by atoms with van der Waals surface area (Å²) in [6.07, 6.45) is 19.9. The quantitative estimate of drug-likeness (QED) is 0.166.